The van der Waals surface area contributed by atoms with E-state index < -0.39 is 0 Å². The van der Waals surface area contributed by atoms with Gasteiger partial charge in [0.1, 0.15) is 5.75 Å². The van der Waals surface area contributed by atoms with E-state index in [1.165, 1.54) is 0 Å². The van der Waals surface area contributed by atoms with Gasteiger partial charge < -0.3 is 9.64 Å². The summed E-state index contributed by atoms with van der Waals surface area (Å²) >= 11 is 0. The van der Waals surface area contributed by atoms with Gasteiger partial charge in [-0.3, -0.25) is 0 Å². The molecular formula is C13H18N2O. The summed E-state index contributed by atoms with van der Waals surface area (Å²) in [5.74, 6) is 0.843. The first-order chi connectivity index (χ1) is 7.63. The number of aryl methyl sites for hydroxylation is 1. The van der Waals surface area contributed by atoms with Gasteiger partial charge in [-0.1, -0.05) is 0 Å². The van der Waals surface area contributed by atoms with Gasteiger partial charge in [-0.15, -0.1) is 0 Å². The first-order valence-electron chi connectivity index (χ1n) is 5.42. The van der Waals surface area contributed by atoms with Crippen LogP contribution in [0.1, 0.15) is 17.5 Å². The van der Waals surface area contributed by atoms with Gasteiger partial charge in [0.2, 0.25) is 0 Å². The third-order valence-corrected chi connectivity index (χ3v) is 2.34. The number of hydrogen-bond acceptors (Lipinski definition) is 3. The van der Waals surface area contributed by atoms with Gasteiger partial charge in [0.25, 0.3) is 0 Å². The predicted molar refractivity (Wildman–Crippen MR) is 64.6 cm³/mol. The monoisotopic (exact) mass is 218 g/mol. The van der Waals surface area contributed by atoms with Crippen molar-refractivity contribution in [2.45, 2.75) is 13.3 Å². The number of nitriles is 1. The molecule has 16 heavy (non-hydrogen) atoms. The molecule has 0 saturated carbocycles. The lowest BCUT2D eigenvalue weighted by atomic mass is 10.1. The first kappa shape index (κ1) is 12.5. The van der Waals surface area contributed by atoms with Crippen molar-refractivity contribution in [3.8, 4) is 11.8 Å². The lowest BCUT2D eigenvalue weighted by Gasteiger charge is -2.10. The molecule has 0 amide bonds. The van der Waals surface area contributed by atoms with Crippen LogP contribution in [0.2, 0.25) is 0 Å². The largest absolute Gasteiger partial charge is 0.494 e. The predicted octanol–water partition coefficient (Wildman–Crippen LogP) is 2.20. The van der Waals surface area contributed by atoms with Gasteiger partial charge in [0.15, 0.2) is 0 Å². The van der Waals surface area contributed by atoms with E-state index >= 15 is 0 Å². The number of rotatable bonds is 5. The topological polar surface area (TPSA) is 36.3 Å². The van der Waals surface area contributed by atoms with Crippen LogP contribution in [-0.2, 0) is 0 Å². The molecule has 0 heterocycles. The van der Waals surface area contributed by atoms with Crippen LogP contribution in [0.25, 0.3) is 0 Å². The summed E-state index contributed by atoms with van der Waals surface area (Å²) in [4.78, 5) is 2.13. The minimum absolute atomic E-state index is 0.709. The minimum atomic E-state index is 0.709. The van der Waals surface area contributed by atoms with Crippen molar-refractivity contribution in [3.63, 3.8) is 0 Å². The molecule has 1 aromatic carbocycles. The van der Waals surface area contributed by atoms with Crippen LogP contribution in [0.15, 0.2) is 18.2 Å². The normalized spacial score (nSPS) is 10.2. The van der Waals surface area contributed by atoms with Crippen LogP contribution in [0, 0.1) is 18.3 Å². The quantitative estimate of drug-likeness (QED) is 0.711. The van der Waals surface area contributed by atoms with Gasteiger partial charge >= 0.3 is 0 Å². The molecule has 86 valence electrons. The average molecular weight is 218 g/mol. The van der Waals surface area contributed by atoms with Crippen molar-refractivity contribution in [2.75, 3.05) is 27.2 Å². The molecule has 0 bridgehead atoms. The molecule has 0 aliphatic heterocycles. The second kappa shape index (κ2) is 6.14. The van der Waals surface area contributed by atoms with E-state index in [1.54, 1.807) is 6.07 Å². The summed E-state index contributed by atoms with van der Waals surface area (Å²) in [6, 6.07) is 7.70. The smallest absolute Gasteiger partial charge is 0.119 e. The molecule has 0 aliphatic rings. The molecule has 0 unspecified atom stereocenters. The Balaban J connectivity index is 2.44. The summed E-state index contributed by atoms with van der Waals surface area (Å²) in [5, 5.41) is 8.79. The number of ether oxygens (including phenoxy) is 1. The van der Waals surface area contributed by atoms with E-state index in [9.17, 15) is 0 Å². The fourth-order valence-corrected chi connectivity index (χ4v) is 1.42. The Hall–Kier alpha value is -1.53. The second-order valence-electron chi connectivity index (χ2n) is 4.09. The van der Waals surface area contributed by atoms with Crippen LogP contribution < -0.4 is 4.74 Å². The number of hydrogen-bond donors (Lipinski definition) is 0. The molecule has 1 rings (SSSR count). The molecule has 1 aromatic rings. The SMILES string of the molecule is Cc1cc(OCCCN(C)C)ccc1C#N. The molecular weight excluding hydrogens is 200 g/mol. The zero-order valence-electron chi connectivity index (χ0n) is 10.2. The maximum absolute atomic E-state index is 8.79. The summed E-state index contributed by atoms with van der Waals surface area (Å²) in [6.45, 7) is 3.66. The maximum Gasteiger partial charge on any atom is 0.119 e. The molecule has 0 N–H and O–H groups in total. The molecule has 0 aliphatic carbocycles. The highest BCUT2D eigenvalue weighted by atomic mass is 16.5. The number of nitrogens with zero attached hydrogens (tertiary/aromatic N) is 2. The molecule has 0 radical (unpaired) electrons. The van der Waals surface area contributed by atoms with E-state index in [0.29, 0.717) is 12.2 Å². The first-order valence-corrected chi connectivity index (χ1v) is 5.42. The van der Waals surface area contributed by atoms with Gasteiger partial charge in [-0.25, -0.2) is 0 Å². The highest BCUT2D eigenvalue weighted by Crippen LogP contribution is 2.16. The molecule has 0 fully saturated rings. The van der Waals surface area contributed by atoms with E-state index in [4.69, 9.17) is 10.00 Å². The van der Waals surface area contributed by atoms with Crippen molar-refractivity contribution >= 4 is 0 Å². The maximum atomic E-state index is 8.79. The number of benzene rings is 1. The van der Waals surface area contributed by atoms with Crippen molar-refractivity contribution < 1.29 is 4.74 Å². The molecule has 0 atom stereocenters. The Labute approximate surface area is 97.3 Å². The summed E-state index contributed by atoms with van der Waals surface area (Å²) in [6.07, 6.45) is 1.01. The summed E-state index contributed by atoms with van der Waals surface area (Å²) in [5.41, 5.74) is 1.67. The fraction of sp³-hybridized carbons (Fsp3) is 0.462. The van der Waals surface area contributed by atoms with Crippen LogP contribution in [-0.4, -0.2) is 32.1 Å². The van der Waals surface area contributed by atoms with Crippen LogP contribution in [0.3, 0.4) is 0 Å². The Bertz CT molecular complexity index is 380. The van der Waals surface area contributed by atoms with Gasteiger partial charge in [0, 0.05) is 6.54 Å². The fourth-order valence-electron chi connectivity index (χ4n) is 1.42. The van der Waals surface area contributed by atoms with Crippen LogP contribution in [0.5, 0.6) is 5.75 Å². The molecule has 0 saturated heterocycles. The lowest BCUT2D eigenvalue weighted by molar-refractivity contribution is 0.281. The zero-order valence-corrected chi connectivity index (χ0v) is 10.2. The van der Waals surface area contributed by atoms with E-state index in [0.717, 1.165) is 24.3 Å². The Morgan fingerprint density at radius 1 is 1.38 bits per heavy atom. The minimum Gasteiger partial charge on any atom is -0.494 e. The Morgan fingerprint density at radius 2 is 2.12 bits per heavy atom. The third-order valence-electron chi connectivity index (χ3n) is 2.34. The standard InChI is InChI=1S/C13H18N2O/c1-11-9-13(6-5-12(11)10-14)16-8-4-7-15(2)3/h5-6,9H,4,7-8H2,1-3H3. The Morgan fingerprint density at radius 3 is 2.69 bits per heavy atom. The summed E-state index contributed by atoms with van der Waals surface area (Å²) in [7, 11) is 4.09. The zero-order chi connectivity index (χ0) is 12.0. The summed E-state index contributed by atoms with van der Waals surface area (Å²) < 4.78 is 5.60. The van der Waals surface area contributed by atoms with Crippen LogP contribution >= 0.6 is 0 Å². The third kappa shape index (κ3) is 3.92. The van der Waals surface area contributed by atoms with E-state index in [1.807, 2.05) is 33.2 Å². The molecule has 0 aromatic heterocycles. The average Bonchev–Trinajstić information content (AvgIpc) is 2.24. The van der Waals surface area contributed by atoms with Crippen molar-refractivity contribution in [3.05, 3.63) is 29.3 Å². The van der Waals surface area contributed by atoms with E-state index in [2.05, 4.69) is 11.0 Å². The van der Waals surface area contributed by atoms with Crippen LogP contribution in [0.4, 0.5) is 0 Å². The molecule has 3 nitrogen and oxygen atoms in total. The van der Waals surface area contributed by atoms with Crippen molar-refractivity contribution in [1.29, 1.82) is 5.26 Å². The lowest BCUT2D eigenvalue weighted by Crippen LogP contribution is -2.15. The van der Waals surface area contributed by atoms with E-state index in [-0.39, 0.29) is 0 Å². The highest BCUT2D eigenvalue weighted by molar-refractivity contribution is 5.41. The highest BCUT2D eigenvalue weighted by Gasteiger charge is 2.00. The molecule has 0 spiro atoms. The Kier molecular flexibility index (Phi) is 4.81. The van der Waals surface area contributed by atoms with Gasteiger partial charge in [-0.05, 0) is 51.2 Å². The van der Waals surface area contributed by atoms with Crippen molar-refractivity contribution in [2.24, 2.45) is 0 Å². The van der Waals surface area contributed by atoms with Crippen molar-refractivity contribution in [1.82, 2.24) is 4.90 Å². The van der Waals surface area contributed by atoms with Gasteiger partial charge in [-0.2, -0.15) is 5.26 Å². The van der Waals surface area contributed by atoms with Gasteiger partial charge in [0.05, 0.1) is 18.2 Å². The second-order valence-corrected chi connectivity index (χ2v) is 4.09. The molecule has 3 heteroatoms.